The first-order valence-corrected chi connectivity index (χ1v) is 9.25. The SMILES string of the molecule is COC(CN)CC(=O)NCCCCN1CCN(c2ccccc2)CC1.Cl.Cl.Cl. The van der Waals surface area contributed by atoms with Gasteiger partial charge in [-0.3, -0.25) is 9.69 Å². The third-order valence-corrected chi connectivity index (χ3v) is 4.73. The monoisotopic (exact) mass is 456 g/mol. The van der Waals surface area contributed by atoms with E-state index in [1.165, 1.54) is 5.69 Å². The maximum atomic E-state index is 11.7. The molecule has 1 amide bonds. The lowest BCUT2D eigenvalue weighted by Crippen LogP contribution is -2.46. The third kappa shape index (κ3) is 10.7. The number of piperazine rings is 1. The average Bonchev–Trinajstić information content (AvgIpc) is 2.67. The third-order valence-electron chi connectivity index (χ3n) is 4.73. The van der Waals surface area contributed by atoms with Crippen LogP contribution < -0.4 is 16.0 Å². The Bertz CT molecular complexity index is 499. The zero-order valence-electron chi connectivity index (χ0n) is 16.5. The number of methoxy groups -OCH3 is 1. The maximum absolute atomic E-state index is 11.7. The maximum Gasteiger partial charge on any atom is 0.222 e. The number of hydrogen-bond acceptors (Lipinski definition) is 5. The summed E-state index contributed by atoms with van der Waals surface area (Å²) in [6.07, 6.45) is 2.27. The topological polar surface area (TPSA) is 70.8 Å². The molecule has 1 fully saturated rings. The normalized spacial score (nSPS) is 14.9. The summed E-state index contributed by atoms with van der Waals surface area (Å²) in [5.41, 5.74) is 6.84. The summed E-state index contributed by atoms with van der Waals surface area (Å²) in [6.45, 7) is 6.57. The summed E-state index contributed by atoms with van der Waals surface area (Å²) in [5.74, 6) is 0.0220. The van der Waals surface area contributed by atoms with E-state index in [9.17, 15) is 4.79 Å². The van der Waals surface area contributed by atoms with E-state index in [1.807, 2.05) is 0 Å². The van der Waals surface area contributed by atoms with Crippen molar-refractivity contribution in [1.29, 1.82) is 0 Å². The van der Waals surface area contributed by atoms with Crippen LogP contribution in [0.1, 0.15) is 19.3 Å². The van der Waals surface area contributed by atoms with Crippen LogP contribution >= 0.6 is 37.2 Å². The fourth-order valence-corrected chi connectivity index (χ4v) is 3.10. The molecule has 1 unspecified atom stereocenters. The Morgan fingerprint density at radius 1 is 1.11 bits per heavy atom. The zero-order chi connectivity index (χ0) is 17.9. The van der Waals surface area contributed by atoms with Gasteiger partial charge in [-0.25, -0.2) is 0 Å². The Morgan fingerprint density at radius 3 is 2.32 bits per heavy atom. The van der Waals surface area contributed by atoms with Gasteiger partial charge in [-0.05, 0) is 31.5 Å². The van der Waals surface area contributed by atoms with E-state index in [-0.39, 0.29) is 49.2 Å². The fraction of sp³-hybridized carbons (Fsp3) is 0.632. The lowest BCUT2D eigenvalue weighted by molar-refractivity contribution is -0.123. The molecule has 1 heterocycles. The first-order valence-electron chi connectivity index (χ1n) is 9.25. The number of carbonyl (C=O) groups is 1. The van der Waals surface area contributed by atoms with Crippen molar-refractivity contribution in [3.05, 3.63) is 30.3 Å². The van der Waals surface area contributed by atoms with E-state index >= 15 is 0 Å². The second-order valence-corrected chi connectivity index (χ2v) is 6.52. The summed E-state index contributed by atoms with van der Waals surface area (Å²) < 4.78 is 5.12. The smallest absolute Gasteiger partial charge is 0.222 e. The second kappa shape index (κ2) is 17.1. The molecule has 6 nitrogen and oxygen atoms in total. The molecule has 3 N–H and O–H groups in total. The highest BCUT2D eigenvalue weighted by Crippen LogP contribution is 2.15. The summed E-state index contributed by atoms with van der Waals surface area (Å²) in [6, 6.07) is 10.6. The van der Waals surface area contributed by atoms with E-state index in [4.69, 9.17) is 10.5 Å². The lowest BCUT2D eigenvalue weighted by atomic mass is 10.2. The number of hydrogen-bond donors (Lipinski definition) is 2. The molecule has 2 rings (SSSR count). The van der Waals surface area contributed by atoms with Crippen molar-refractivity contribution < 1.29 is 9.53 Å². The van der Waals surface area contributed by atoms with Crippen molar-refractivity contribution in [2.75, 3.05) is 57.8 Å². The van der Waals surface area contributed by atoms with Gasteiger partial charge < -0.3 is 20.7 Å². The van der Waals surface area contributed by atoms with Crippen molar-refractivity contribution >= 4 is 48.8 Å². The van der Waals surface area contributed by atoms with Crippen molar-refractivity contribution in [3.63, 3.8) is 0 Å². The predicted molar refractivity (Wildman–Crippen MR) is 124 cm³/mol. The Labute approximate surface area is 187 Å². The van der Waals surface area contributed by atoms with Gasteiger partial charge in [0.15, 0.2) is 0 Å². The van der Waals surface area contributed by atoms with E-state index < -0.39 is 0 Å². The molecule has 9 heteroatoms. The minimum atomic E-state index is -0.180. The average molecular weight is 458 g/mol. The van der Waals surface area contributed by atoms with Crippen molar-refractivity contribution in [2.45, 2.75) is 25.4 Å². The standard InChI is InChI=1S/C19H32N4O2.3ClH/c1-25-18(16-20)15-19(24)21-9-5-6-10-22-11-13-23(14-12-22)17-7-3-2-4-8-17;;;/h2-4,7-8,18H,5-6,9-16,20H2,1H3,(H,21,24);3*1H. The molecule has 1 aliphatic heterocycles. The van der Waals surface area contributed by atoms with Gasteiger partial charge in [0.25, 0.3) is 0 Å². The molecule has 164 valence electrons. The first-order chi connectivity index (χ1) is 12.2. The van der Waals surface area contributed by atoms with E-state index in [0.29, 0.717) is 13.0 Å². The van der Waals surface area contributed by atoms with Crippen LogP contribution in [0.3, 0.4) is 0 Å². The molecule has 0 aromatic heterocycles. The molecule has 0 aliphatic carbocycles. The van der Waals surface area contributed by atoms with Crippen LogP contribution in [0.25, 0.3) is 0 Å². The van der Waals surface area contributed by atoms with Crippen molar-refractivity contribution in [3.8, 4) is 0 Å². The number of nitrogens with one attached hydrogen (secondary N) is 1. The van der Waals surface area contributed by atoms with Crippen LogP contribution in [0.4, 0.5) is 5.69 Å². The number of amides is 1. The van der Waals surface area contributed by atoms with E-state index in [1.54, 1.807) is 7.11 Å². The van der Waals surface area contributed by atoms with Crippen LogP contribution in [0.2, 0.25) is 0 Å². The van der Waals surface area contributed by atoms with Gasteiger partial charge in [0.05, 0.1) is 12.5 Å². The van der Waals surface area contributed by atoms with Crippen LogP contribution in [0, 0.1) is 0 Å². The molecule has 1 atom stereocenters. The number of halogens is 3. The Hall–Kier alpha value is -0.760. The van der Waals surface area contributed by atoms with Crippen LogP contribution in [0.15, 0.2) is 30.3 Å². The predicted octanol–water partition coefficient (Wildman–Crippen LogP) is 2.33. The molecule has 1 aromatic carbocycles. The number of nitrogens with zero attached hydrogens (tertiary/aromatic N) is 2. The van der Waals surface area contributed by atoms with Crippen molar-refractivity contribution in [2.24, 2.45) is 5.73 Å². The number of anilines is 1. The van der Waals surface area contributed by atoms with Crippen molar-refractivity contribution in [1.82, 2.24) is 10.2 Å². The van der Waals surface area contributed by atoms with Gasteiger partial charge >= 0.3 is 0 Å². The van der Waals surface area contributed by atoms with Crippen LogP contribution in [0.5, 0.6) is 0 Å². The summed E-state index contributed by atoms with van der Waals surface area (Å²) in [4.78, 5) is 16.7. The summed E-state index contributed by atoms with van der Waals surface area (Å²) in [7, 11) is 1.59. The molecule has 28 heavy (non-hydrogen) atoms. The number of rotatable bonds is 10. The van der Waals surface area contributed by atoms with Gasteiger partial charge in [-0.1, -0.05) is 18.2 Å². The zero-order valence-corrected chi connectivity index (χ0v) is 19.0. The van der Waals surface area contributed by atoms with Crippen LogP contribution in [-0.4, -0.2) is 69.8 Å². The molecular formula is C19H35Cl3N4O2. The molecule has 1 saturated heterocycles. The van der Waals surface area contributed by atoms with Gasteiger partial charge in [-0.2, -0.15) is 0 Å². The fourth-order valence-electron chi connectivity index (χ4n) is 3.10. The highest BCUT2D eigenvalue weighted by molar-refractivity contribution is 5.86. The Kier molecular flexibility index (Phi) is 18.0. The number of benzene rings is 1. The highest BCUT2D eigenvalue weighted by Gasteiger charge is 2.16. The minimum Gasteiger partial charge on any atom is -0.380 e. The van der Waals surface area contributed by atoms with Gasteiger partial charge in [0.1, 0.15) is 0 Å². The lowest BCUT2D eigenvalue weighted by Gasteiger charge is -2.36. The number of para-hydroxylation sites is 1. The quantitative estimate of drug-likeness (QED) is 0.528. The number of ether oxygens (including phenoxy) is 1. The van der Waals surface area contributed by atoms with Gasteiger partial charge in [-0.15, -0.1) is 37.2 Å². The Balaban J connectivity index is 0. The number of unbranched alkanes of at least 4 members (excludes halogenated alkanes) is 1. The second-order valence-electron chi connectivity index (χ2n) is 6.52. The molecule has 1 aromatic rings. The summed E-state index contributed by atoms with van der Waals surface area (Å²) >= 11 is 0. The highest BCUT2D eigenvalue weighted by atomic mass is 35.5. The first kappa shape index (κ1) is 29.4. The molecule has 0 saturated carbocycles. The Morgan fingerprint density at radius 2 is 1.75 bits per heavy atom. The number of nitrogens with two attached hydrogens (primary N) is 1. The molecule has 0 radical (unpaired) electrons. The molecule has 1 aliphatic rings. The van der Waals surface area contributed by atoms with Gasteiger partial charge in [0, 0.05) is 52.1 Å². The van der Waals surface area contributed by atoms with E-state index in [0.717, 1.165) is 52.1 Å². The molecule has 0 spiro atoms. The largest absolute Gasteiger partial charge is 0.380 e. The van der Waals surface area contributed by atoms with Crippen LogP contribution in [-0.2, 0) is 9.53 Å². The van der Waals surface area contributed by atoms with E-state index in [2.05, 4.69) is 45.4 Å². The minimum absolute atomic E-state index is 0. The number of carbonyl (C=O) groups excluding carboxylic acids is 1. The molecular weight excluding hydrogens is 423 g/mol. The summed E-state index contributed by atoms with van der Waals surface area (Å²) in [5, 5.41) is 2.95. The molecule has 0 bridgehead atoms. The van der Waals surface area contributed by atoms with Gasteiger partial charge in [0.2, 0.25) is 5.91 Å².